The third kappa shape index (κ3) is 4.14. The molecule has 0 radical (unpaired) electrons. The normalized spacial score (nSPS) is 12.0. The number of carbonyl (C=O) groups is 1. The fourth-order valence-electron chi connectivity index (χ4n) is 2.77. The van der Waals surface area contributed by atoms with E-state index < -0.39 is 23.7 Å². The first-order chi connectivity index (χ1) is 13.0. The van der Waals surface area contributed by atoms with Crippen LogP contribution in [0.5, 0.6) is 0 Å². The predicted octanol–water partition coefficient (Wildman–Crippen LogP) is 4.09. The van der Waals surface area contributed by atoms with Gasteiger partial charge in [-0.05, 0) is 43.7 Å². The lowest BCUT2D eigenvalue weighted by molar-refractivity contribution is -0.145. The molecule has 140 valence electrons. The lowest BCUT2D eigenvalue weighted by Gasteiger charge is -2.18. The van der Waals surface area contributed by atoms with Crippen molar-refractivity contribution in [1.29, 1.82) is 0 Å². The van der Waals surface area contributed by atoms with E-state index in [0.717, 1.165) is 0 Å². The fourth-order valence-corrected chi connectivity index (χ4v) is 3.01. The van der Waals surface area contributed by atoms with Gasteiger partial charge in [0.25, 0.3) is 0 Å². The average Bonchev–Trinajstić information content (AvgIpc) is 3.11. The Kier molecular flexibility index (Phi) is 5.81. The van der Waals surface area contributed by atoms with Gasteiger partial charge in [-0.15, -0.1) is 0 Å². The largest absolute Gasteiger partial charge is 0.465 e. The van der Waals surface area contributed by atoms with Crippen LogP contribution in [0.25, 0.3) is 5.82 Å². The number of carbonyl (C=O) groups excluding carboxylic acids is 1. The Hall–Kier alpha value is -2.80. The SMILES string of the molecule is CCOC(=O)C(Cc1c(F)cccc1Cl)c1ccnn1-c1cccc(F)n1. The zero-order chi connectivity index (χ0) is 19.4. The molecule has 0 aliphatic heterocycles. The second-order valence-corrected chi connectivity index (χ2v) is 6.10. The van der Waals surface area contributed by atoms with Crippen LogP contribution >= 0.6 is 11.6 Å². The predicted molar refractivity (Wildman–Crippen MR) is 95.8 cm³/mol. The molecule has 0 amide bonds. The molecule has 0 N–H and O–H groups in total. The summed E-state index contributed by atoms with van der Waals surface area (Å²) in [7, 11) is 0. The van der Waals surface area contributed by atoms with Crippen LogP contribution in [-0.2, 0) is 16.0 Å². The highest BCUT2D eigenvalue weighted by atomic mass is 35.5. The summed E-state index contributed by atoms with van der Waals surface area (Å²) in [5, 5.41) is 4.34. The Labute approximate surface area is 159 Å². The van der Waals surface area contributed by atoms with Crippen molar-refractivity contribution in [2.75, 3.05) is 6.61 Å². The maximum Gasteiger partial charge on any atom is 0.315 e. The van der Waals surface area contributed by atoms with Gasteiger partial charge in [-0.1, -0.05) is 23.7 Å². The van der Waals surface area contributed by atoms with Gasteiger partial charge < -0.3 is 4.74 Å². The van der Waals surface area contributed by atoms with Gasteiger partial charge in [0, 0.05) is 16.8 Å². The van der Waals surface area contributed by atoms with E-state index in [-0.39, 0.29) is 29.4 Å². The van der Waals surface area contributed by atoms with Crippen molar-refractivity contribution in [3.63, 3.8) is 0 Å². The number of halogens is 3. The molecule has 27 heavy (non-hydrogen) atoms. The van der Waals surface area contributed by atoms with Gasteiger partial charge in [-0.2, -0.15) is 9.49 Å². The molecule has 2 heterocycles. The minimum Gasteiger partial charge on any atom is -0.465 e. The second kappa shape index (κ2) is 8.26. The van der Waals surface area contributed by atoms with Crippen LogP contribution in [0.1, 0.15) is 24.1 Å². The summed E-state index contributed by atoms with van der Waals surface area (Å²) >= 11 is 6.12. The fraction of sp³-hybridized carbons (Fsp3) is 0.211. The number of ether oxygens (including phenoxy) is 1. The standard InChI is InChI=1S/C19H16ClF2N3O2/c1-2-27-19(26)13(11-12-14(20)5-3-6-15(12)21)16-9-10-23-25(16)18-8-4-7-17(22)24-18/h3-10,13H,2,11H2,1H3. The molecular weight excluding hydrogens is 376 g/mol. The summed E-state index contributed by atoms with van der Waals surface area (Å²) in [6.45, 7) is 1.84. The second-order valence-electron chi connectivity index (χ2n) is 5.70. The van der Waals surface area contributed by atoms with Crippen molar-refractivity contribution in [2.24, 2.45) is 0 Å². The van der Waals surface area contributed by atoms with Gasteiger partial charge in [-0.3, -0.25) is 4.79 Å². The minimum atomic E-state index is -0.896. The van der Waals surface area contributed by atoms with Crippen molar-refractivity contribution in [1.82, 2.24) is 14.8 Å². The van der Waals surface area contributed by atoms with Gasteiger partial charge >= 0.3 is 5.97 Å². The quantitative estimate of drug-likeness (QED) is 0.469. The summed E-state index contributed by atoms with van der Waals surface area (Å²) in [5.74, 6) is -2.46. The molecule has 1 aromatic carbocycles. The van der Waals surface area contributed by atoms with Gasteiger partial charge in [0.1, 0.15) is 11.7 Å². The van der Waals surface area contributed by atoms with Gasteiger partial charge in [0.15, 0.2) is 5.82 Å². The van der Waals surface area contributed by atoms with Crippen LogP contribution in [-0.4, -0.2) is 27.3 Å². The lowest BCUT2D eigenvalue weighted by Crippen LogP contribution is -2.22. The van der Waals surface area contributed by atoms with E-state index in [1.807, 2.05) is 0 Å². The molecule has 0 aliphatic rings. The molecule has 3 rings (SSSR count). The van der Waals surface area contributed by atoms with Crippen molar-refractivity contribution in [3.8, 4) is 5.82 Å². The van der Waals surface area contributed by atoms with Crippen LogP contribution in [0.3, 0.4) is 0 Å². The number of aromatic nitrogens is 3. The van der Waals surface area contributed by atoms with Gasteiger partial charge in [0.05, 0.1) is 12.3 Å². The molecule has 1 unspecified atom stereocenters. The monoisotopic (exact) mass is 391 g/mol. The summed E-state index contributed by atoms with van der Waals surface area (Å²) in [6.07, 6.45) is 1.42. The highest BCUT2D eigenvalue weighted by Gasteiger charge is 2.28. The number of benzene rings is 1. The maximum atomic E-state index is 14.3. The maximum absolute atomic E-state index is 14.3. The number of rotatable bonds is 6. The average molecular weight is 392 g/mol. The summed E-state index contributed by atoms with van der Waals surface area (Å²) in [5.41, 5.74) is 0.586. The molecule has 5 nitrogen and oxygen atoms in total. The highest BCUT2D eigenvalue weighted by molar-refractivity contribution is 6.31. The van der Waals surface area contributed by atoms with E-state index >= 15 is 0 Å². The molecule has 1 atom stereocenters. The Morgan fingerprint density at radius 1 is 1.22 bits per heavy atom. The third-order valence-corrected chi connectivity index (χ3v) is 4.34. The van der Waals surface area contributed by atoms with Gasteiger partial charge in [-0.25, -0.2) is 14.1 Å². The Bertz CT molecular complexity index is 941. The van der Waals surface area contributed by atoms with E-state index in [2.05, 4.69) is 10.1 Å². The summed E-state index contributed by atoms with van der Waals surface area (Å²) < 4.78 is 34.3. The smallest absolute Gasteiger partial charge is 0.315 e. The topological polar surface area (TPSA) is 57.0 Å². The summed E-state index contributed by atoms with van der Waals surface area (Å²) in [4.78, 5) is 16.4. The van der Waals surface area contributed by atoms with Crippen LogP contribution in [0.4, 0.5) is 8.78 Å². The van der Waals surface area contributed by atoms with E-state index in [1.165, 1.54) is 35.1 Å². The number of esters is 1. The van der Waals surface area contributed by atoms with Crippen molar-refractivity contribution in [3.05, 3.63) is 76.7 Å². The third-order valence-electron chi connectivity index (χ3n) is 3.99. The first kappa shape index (κ1) is 19.0. The van der Waals surface area contributed by atoms with Crippen molar-refractivity contribution in [2.45, 2.75) is 19.3 Å². The molecule has 0 fully saturated rings. The molecule has 0 saturated carbocycles. The van der Waals surface area contributed by atoms with Crippen molar-refractivity contribution >= 4 is 17.6 Å². The van der Waals surface area contributed by atoms with Gasteiger partial charge in [0.2, 0.25) is 5.95 Å². The van der Waals surface area contributed by atoms with Crippen LogP contribution in [0, 0.1) is 11.8 Å². The first-order valence-electron chi connectivity index (χ1n) is 8.27. The molecule has 0 spiro atoms. The van der Waals surface area contributed by atoms with E-state index in [0.29, 0.717) is 5.69 Å². The Morgan fingerprint density at radius 3 is 2.70 bits per heavy atom. The van der Waals surface area contributed by atoms with E-state index in [1.54, 1.807) is 25.1 Å². The number of nitrogens with zero attached hydrogens (tertiary/aromatic N) is 3. The van der Waals surface area contributed by atoms with Crippen LogP contribution in [0.15, 0.2) is 48.7 Å². The number of hydrogen-bond donors (Lipinski definition) is 0. The molecule has 0 aliphatic carbocycles. The minimum absolute atomic E-state index is 0.0364. The molecular formula is C19H16ClF2N3O2. The van der Waals surface area contributed by atoms with Crippen molar-refractivity contribution < 1.29 is 18.3 Å². The molecule has 3 aromatic rings. The number of hydrogen-bond acceptors (Lipinski definition) is 4. The zero-order valence-electron chi connectivity index (χ0n) is 14.4. The van der Waals surface area contributed by atoms with Crippen LogP contribution in [0.2, 0.25) is 5.02 Å². The molecule has 0 saturated heterocycles. The molecule has 8 heteroatoms. The Morgan fingerprint density at radius 2 is 2.00 bits per heavy atom. The lowest BCUT2D eigenvalue weighted by atomic mass is 9.95. The number of pyridine rings is 1. The highest BCUT2D eigenvalue weighted by Crippen LogP contribution is 2.29. The molecule has 2 aromatic heterocycles. The zero-order valence-corrected chi connectivity index (χ0v) is 15.2. The van der Waals surface area contributed by atoms with E-state index in [4.69, 9.17) is 16.3 Å². The van der Waals surface area contributed by atoms with E-state index in [9.17, 15) is 13.6 Å². The molecule has 0 bridgehead atoms. The first-order valence-corrected chi connectivity index (χ1v) is 8.65. The summed E-state index contributed by atoms with van der Waals surface area (Å²) in [6, 6.07) is 10.1. The van der Waals surface area contributed by atoms with Crippen LogP contribution < -0.4 is 0 Å². The Balaban J connectivity index is 2.05.